The van der Waals surface area contributed by atoms with Crippen molar-refractivity contribution in [2.24, 2.45) is 0 Å². The monoisotopic (exact) mass is 348 g/mol. The van der Waals surface area contributed by atoms with Gasteiger partial charge in [-0.25, -0.2) is 4.79 Å². The summed E-state index contributed by atoms with van der Waals surface area (Å²) in [6.45, 7) is 3.75. The van der Waals surface area contributed by atoms with Crippen LogP contribution in [0.15, 0.2) is 24.3 Å². The number of cyclic esters (lactones) is 1. The van der Waals surface area contributed by atoms with Gasteiger partial charge in [-0.05, 0) is 31.2 Å². The number of hydrogen-bond acceptors (Lipinski definition) is 5. The first-order valence-corrected chi connectivity index (χ1v) is 8.16. The fraction of sp³-hybridized carbons (Fsp3) is 0.438. The molecule has 2 fully saturated rings. The number of anilines is 2. The SMILES string of the molecule is CC(=S)NC[C@H]1CN(c2ccc(N3CC(=O)N(C)C3)cc2)C(=O)O1. The highest BCUT2D eigenvalue weighted by molar-refractivity contribution is 7.80. The largest absolute Gasteiger partial charge is 0.442 e. The first-order valence-electron chi connectivity index (χ1n) is 7.75. The number of amides is 2. The van der Waals surface area contributed by atoms with Crippen LogP contribution >= 0.6 is 12.2 Å². The minimum atomic E-state index is -0.354. The van der Waals surface area contributed by atoms with Crippen molar-refractivity contribution in [2.45, 2.75) is 13.0 Å². The van der Waals surface area contributed by atoms with Crippen LogP contribution in [0.2, 0.25) is 0 Å². The maximum Gasteiger partial charge on any atom is 0.414 e. The maximum atomic E-state index is 12.0. The Balaban J connectivity index is 1.64. The summed E-state index contributed by atoms with van der Waals surface area (Å²) in [6, 6.07) is 7.59. The molecule has 0 bridgehead atoms. The van der Waals surface area contributed by atoms with E-state index >= 15 is 0 Å². The Hall–Kier alpha value is -2.35. The van der Waals surface area contributed by atoms with Crippen LogP contribution < -0.4 is 15.1 Å². The number of hydrogen-bond donors (Lipinski definition) is 1. The Bertz CT molecular complexity index is 664. The minimum Gasteiger partial charge on any atom is -0.442 e. The number of nitrogens with one attached hydrogen (secondary N) is 1. The van der Waals surface area contributed by atoms with Gasteiger partial charge in [-0.15, -0.1) is 0 Å². The predicted octanol–water partition coefficient (Wildman–Crippen LogP) is 1.18. The summed E-state index contributed by atoms with van der Waals surface area (Å²) in [7, 11) is 1.78. The van der Waals surface area contributed by atoms with Crippen molar-refractivity contribution in [2.75, 3.05) is 43.2 Å². The molecule has 8 heteroatoms. The number of carbonyl (C=O) groups excluding carboxylic acids is 2. The van der Waals surface area contributed by atoms with Gasteiger partial charge in [-0.2, -0.15) is 0 Å². The Morgan fingerprint density at radius 3 is 2.54 bits per heavy atom. The van der Waals surface area contributed by atoms with Crippen LogP contribution in [0.25, 0.3) is 0 Å². The summed E-state index contributed by atoms with van der Waals surface area (Å²) in [5.41, 5.74) is 1.74. The zero-order valence-electron chi connectivity index (χ0n) is 13.7. The molecule has 1 atom stereocenters. The lowest BCUT2D eigenvalue weighted by molar-refractivity contribution is -0.125. The number of thiocarbonyl (C=S) groups is 1. The molecule has 0 radical (unpaired) electrons. The second-order valence-electron chi connectivity index (χ2n) is 6.00. The molecule has 128 valence electrons. The van der Waals surface area contributed by atoms with E-state index in [1.165, 1.54) is 0 Å². The fourth-order valence-corrected chi connectivity index (χ4v) is 2.86. The Kier molecular flexibility index (Phi) is 4.57. The molecule has 1 N–H and O–H groups in total. The lowest BCUT2D eigenvalue weighted by atomic mass is 10.2. The molecule has 0 aromatic heterocycles. The third kappa shape index (κ3) is 3.43. The lowest BCUT2D eigenvalue weighted by Gasteiger charge is -2.19. The molecule has 24 heavy (non-hydrogen) atoms. The third-order valence-electron chi connectivity index (χ3n) is 4.11. The zero-order chi connectivity index (χ0) is 17.3. The highest BCUT2D eigenvalue weighted by Gasteiger charge is 2.32. The molecule has 0 aliphatic carbocycles. The smallest absolute Gasteiger partial charge is 0.414 e. The van der Waals surface area contributed by atoms with E-state index in [2.05, 4.69) is 5.32 Å². The number of likely N-dealkylation sites (N-methyl/N-ethyl adjacent to an activating group) is 1. The molecular formula is C16H20N4O3S. The number of carbonyl (C=O) groups is 2. The van der Waals surface area contributed by atoms with Gasteiger partial charge in [0.1, 0.15) is 6.10 Å². The molecule has 2 aliphatic rings. The standard InChI is InChI=1S/C16H20N4O3S/c1-11(24)17-7-14-8-20(16(22)23-14)13-5-3-12(4-6-13)19-9-15(21)18(2)10-19/h3-6,14H,7-10H2,1-2H3,(H,17,24)/t14-/m0/s1. The van der Waals surface area contributed by atoms with Crippen LogP contribution in [-0.4, -0.2) is 61.3 Å². The Morgan fingerprint density at radius 2 is 1.96 bits per heavy atom. The van der Waals surface area contributed by atoms with Crippen molar-refractivity contribution < 1.29 is 14.3 Å². The number of nitrogens with zero attached hydrogens (tertiary/aromatic N) is 3. The van der Waals surface area contributed by atoms with E-state index in [1.54, 1.807) is 23.8 Å². The molecule has 2 heterocycles. The number of ether oxygens (including phenoxy) is 1. The molecule has 2 aliphatic heterocycles. The van der Waals surface area contributed by atoms with Crippen molar-refractivity contribution in [3.63, 3.8) is 0 Å². The molecule has 2 saturated heterocycles. The second-order valence-corrected chi connectivity index (χ2v) is 6.61. The van der Waals surface area contributed by atoms with Crippen LogP contribution in [0.4, 0.5) is 16.2 Å². The lowest BCUT2D eigenvalue weighted by Crippen LogP contribution is -2.32. The first-order chi connectivity index (χ1) is 11.4. The second kappa shape index (κ2) is 6.64. The van der Waals surface area contributed by atoms with E-state index in [0.29, 0.717) is 31.3 Å². The van der Waals surface area contributed by atoms with Crippen LogP contribution in [0.1, 0.15) is 6.92 Å². The molecule has 3 rings (SSSR count). The van der Waals surface area contributed by atoms with Crippen LogP contribution in [0.5, 0.6) is 0 Å². The van der Waals surface area contributed by atoms with Crippen molar-refractivity contribution in [3.05, 3.63) is 24.3 Å². The quantitative estimate of drug-likeness (QED) is 0.825. The molecule has 0 spiro atoms. The van der Waals surface area contributed by atoms with Crippen molar-refractivity contribution in [1.29, 1.82) is 0 Å². The molecule has 1 aromatic rings. The van der Waals surface area contributed by atoms with Gasteiger partial charge in [0.25, 0.3) is 0 Å². The van der Waals surface area contributed by atoms with Crippen LogP contribution in [0, 0.1) is 0 Å². The maximum absolute atomic E-state index is 12.0. The summed E-state index contributed by atoms with van der Waals surface area (Å²) in [4.78, 5) is 29.6. The summed E-state index contributed by atoms with van der Waals surface area (Å²) in [5.74, 6) is 0.103. The summed E-state index contributed by atoms with van der Waals surface area (Å²) in [6.07, 6.45) is -0.576. The minimum absolute atomic E-state index is 0.103. The topological polar surface area (TPSA) is 65.1 Å². The molecule has 0 saturated carbocycles. The van der Waals surface area contributed by atoms with Crippen LogP contribution in [-0.2, 0) is 9.53 Å². The summed E-state index contributed by atoms with van der Waals surface area (Å²) >= 11 is 4.97. The fourth-order valence-electron chi connectivity index (χ4n) is 2.78. The van der Waals surface area contributed by atoms with Crippen LogP contribution in [0.3, 0.4) is 0 Å². The number of benzene rings is 1. The van der Waals surface area contributed by atoms with Gasteiger partial charge in [0.2, 0.25) is 5.91 Å². The van der Waals surface area contributed by atoms with Gasteiger partial charge in [0, 0.05) is 18.4 Å². The average Bonchev–Trinajstić information content (AvgIpc) is 3.08. The van der Waals surface area contributed by atoms with Crippen molar-refractivity contribution >= 4 is 40.6 Å². The van der Waals surface area contributed by atoms with E-state index < -0.39 is 0 Å². The molecule has 7 nitrogen and oxygen atoms in total. The van der Waals surface area contributed by atoms with E-state index in [1.807, 2.05) is 29.2 Å². The summed E-state index contributed by atoms with van der Waals surface area (Å²) in [5, 5.41) is 3.02. The third-order valence-corrected chi connectivity index (χ3v) is 4.26. The Labute approximate surface area is 146 Å². The number of rotatable bonds is 4. The normalized spacial score (nSPS) is 20.6. The zero-order valence-corrected chi connectivity index (χ0v) is 14.5. The average molecular weight is 348 g/mol. The van der Waals surface area contributed by atoms with E-state index in [0.717, 1.165) is 11.4 Å². The van der Waals surface area contributed by atoms with Crippen molar-refractivity contribution in [1.82, 2.24) is 10.2 Å². The Morgan fingerprint density at radius 1 is 1.29 bits per heavy atom. The molecular weight excluding hydrogens is 328 g/mol. The molecule has 0 unspecified atom stereocenters. The van der Waals surface area contributed by atoms with E-state index in [-0.39, 0.29) is 18.1 Å². The van der Waals surface area contributed by atoms with Gasteiger partial charge < -0.3 is 19.9 Å². The molecule has 2 amide bonds. The highest BCUT2D eigenvalue weighted by Crippen LogP contribution is 2.26. The van der Waals surface area contributed by atoms with E-state index in [9.17, 15) is 9.59 Å². The highest BCUT2D eigenvalue weighted by atomic mass is 32.1. The summed E-state index contributed by atoms with van der Waals surface area (Å²) < 4.78 is 5.34. The van der Waals surface area contributed by atoms with Gasteiger partial charge in [-0.1, -0.05) is 12.2 Å². The molecule has 1 aromatic carbocycles. The van der Waals surface area contributed by atoms with Crippen molar-refractivity contribution in [3.8, 4) is 0 Å². The van der Waals surface area contributed by atoms with E-state index in [4.69, 9.17) is 17.0 Å². The first kappa shape index (κ1) is 16.5. The predicted molar refractivity (Wildman–Crippen MR) is 95.3 cm³/mol. The van der Waals surface area contributed by atoms with Gasteiger partial charge in [0.15, 0.2) is 0 Å². The van der Waals surface area contributed by atoms with Gasteiger partial charge in [0.05, 0.1) is 31.3 Å². The van der Waals surface area contributed by atoms with Gasteiger partial charge in [-0.3, -0.25) is 9.69 Å². The van der Waals surface area contributed by atoms with Gasteiger partial charge >= 0.3 is 6.09 Å².